The quantitative estimate of drug-likeness (QED) is 0.491. The maximum atomic E-state index is 11.8. The number of hydrogen-bond donors (Lipinski definition) is 1. The molecular weight excluding hydrogens is 416 g/mol. The van der Waals surface area contributed by atoms with Gasteiger partial charge in [-0.25, -0.2) is 0 Å². The second-order valence-corrected chi connectivity index (χ2v) is 9.51. The first-order valence-corrected chi connectivity index (χ1v) is 11.2. The van der Waals surface area contributed by atoms with E-state index in [0.717, 1.165) is 24.0 Å². The van der Waals surface area contributed by atoms with Crippen LogP contribution in [0.5, 0.6) is 5.75 Å². The summed E-state index contributed by atoms with van der Waals surface area (Å²) in [7, 11) is 0. The Morgan fingerprint density at radius 1 is 1.26 bits per heavy atom. The predicted octanol–water partition coefficient (Wildman–Crippen LogP) is 3.81. The summed E-state index contributed by atoms with van der Waals surface area (Å²) >= 11 is 1.30. The molecule has 0 spiro atoms. The van der Waals surface area contributed by atoms with E-state index in [1.54, 1.807) is 6.20 Å². The number of pyridine rings is 1. The highest BCUT2D eigenvalue weighted by Crippen LogP contribution is 2.46. The maximum absolute atomic E-state index is 11.8. The number of esters is 1. The van der Waals surface area contributed by atoms with Crippen molar-refractivity contribution >= 4 is 23.0 Å². The Kier molecular flexibility index (Phi) is 6.20. The second kappa shape index (κ2) is 8.88. The van der Waals surface area contributed by atoms with Crippen molar-refractivity contribution in [2.75, 3.05) is 6.61 Å². The van der Waals surface area contributed by atoms with Gasteiger partial charge in [0.25, 0.3) is 5.24 Å². The number of thioether (sulfide) groups is 1. The van der Waals surface area contributed by atoms with Gasteiger partial charge in [0.15, 0.2) is 12.3 Å². The van der Waals surface area contributed by atoms with E-state index in [9.17, 15) is 9.59 Å². The molecule has 2 fully saturated rings. The van der Waals surface area contributed by atoms with Gasteiger partial charge in [0, 0.05) is 13.1 Å². The number of carbonyl (C=O) groups excluding carboxylic acids is 2. The van der Waals surface area contributed by atoms with Gasteiger partial charge in [0.1, 0.15) is 18.5 Å². The van der Waals surface area contributed by atoms with Gasteiger partial charge in [-0.05, 0) is 49.1 Å². The highest BCUT2D eigenvalue weighted by atomic mass is 32.2. The maximum Gasteiger partial charge on any atom is 0.303 e. The number of amides is 1. The second-order valence-electron chi connectivity index (χ2n) is 8.00. The van der Waals surface area contributed by atoms with Gasteiger partial charge in [-0.15, -0.1) is 0 Å². The highest BCUT2D eigenvalue weighted by molar-refractivity contribution is 8.14. The number of ether oxygens (including phenoxy) is 3. The minimum atomic E-state index is -0.580. The highest BCUT2D eigenvalue weighted by Gasteiger charge is 2.58. The van der Waals surface area contributed by atoms with Crippen molar-refractivity contribution in [3.05, 3.63) is 59.4 Å². The molecule has 0 saturated carbocycles. The Hall–Kier alpha value is -2.58. The van der Waals surface area contributed by atoms with Crippen LogP contribution in [0.1, 0.15) is 43.7 Å². The lowest BCUT2D eigenvalue weighted by Gasteiger charge is -2.29. The molecule has 1 aromatic carbocycles. The molecule has 4 atom stereocenters. The van der Waals surface area contributed by atoms with Crippen LogP contribution in [-0.2, 0) is 27.1 Å². The molecule has 1 aromatic heterocycles. The number of fused-ring (bicyclic) bond motifs is 1. The Labute approximate surface area is 185 Å². The summed E-state index contributed by atoms with van der Waals surface area (Å²) in [6.45, 7) is 5.67. The fourth-order valence-corrected chi connectivity index (χ4v) is 4.87. The molecule has 8 heteroatoms. The van der Waals surface area contributed by atoms with Crippen LogP contribution in [0.4, 0.5) is 4.79 Å². The van der Waals surface area contributed by atoms with E-state index in [1.807, 2.05) is 36.4 Å². The summed E-state index contributed by atoms with van der Waals surface area (Å²) in [5.74, 6) is 0.291. The normalized spacial score (nSPS) is 25.2. The van der Waals surface area contributed by atoms with Crippen LogP contribution in [0.25, 0.3) is 0 Å². The molecule has 4 rings (SSSR count). The molecule has 2 aromatic rings. The lowest BCUT2D eigenvalue weighted by atomic mass is 9.96. The number of nitrogens with one attached hydrogen (secondary N) is 1. The number of aryl methyl sites for hydroxylation is 1. The third-order valence-electron chi connectivity index (χ3n) is 5.45. The third-order valence-corrected chi connectivity index (χ3v) is 6.60. The summed E-state index contributed by atoms with van der Waals surface area (Å²) < 4.78 is 16.6. The number of aromatic nitrogens is 1. The number of hydrogen-bond acceptors (Lipinski definition) is 7. The number of benzene rings is 1. The lowest BCUT2D eigenvalue weighted by molar-refractivity contribution is -0.148. The molecular formula is C23H26N2O5S. The van der Waals surface area contributed by atoms with Crippen LogP contribution in [-0.4, -0.2) is 39.9 Å². The van der Waals surface area contributed by atoms with Crippen molar-refractivity contribution in [1.29, 1.82) is 0 Å². The lowest BCUT2D eigenvalue weighted by Crippen LogP contribution is -2.43. The summed E-state index contributed by atoms with van der Waals surface area (Å²) in [6.07, 6.45) is 2.71. The first-order chi connectivity index (χ1) is 14.9. The molecule has 164 valence electrons. The summed E-state index contributed by atoms with van der Waals surface area (Å²) in [4.78, 5) is 27.8. The average Bonchev–Trinajstić information content (AvgIpc) is 3.52. The number of epoxide rings is 1. The van der Waals surface area contributed by atoms with E-state index in [-0.39, 0.29) is 34.9 Å². The van der Waals surface area contributed by atoms with E-state index in [4.69, 9.17) is 14.2 Å². The topological polar surface area (TPSA) is 90.0 Å². The SMILES string of the molecule is CCc1ccc([C@H](COc2ccc(CC3(C)SC(=O)NC4OC43)cc2)OC(C)=O)nc1. The predicted molar refractivity (Wildman–Crippen MR) is 117 cm³/mol. The Morgan fingerprint density at radius 3 is 2.65 bits per heavy atom. The van der Waals surface area contributed by atoms with Gasteiger partial charge < -0.3 is 19.5 Å². The minimum absolute atomic E-state index is 0.0432. The van der Waals surface area contributed by atoms with Crippen molar-refractivity contribution in [3.63, 3.8) is 0 Å². The zero-order chi connectivity index (χ0) is 22.0. The van der Waals surface area contributed by atoms with E-state index < -0.39 is 6.10 Å². The zero-order valence-electron chi connectivity index (χ0n) is 17.8. The van der Waals surface area contributed by atoms with Crippen LogP contribution in [0.2, 0.25) is 0 Å². The Balaban J connectivity index is 1.38. The van der Waals surface area contributed by atoms with Crippen molar-refractivity contribution in [1.82, 2.24) is 10.3 Å². The van der Waals surface area contributed by atoms with Gasteiger partial charge in [-0.3, -0.25) is 14.6 Å². The molecule has 3 unspecified atom stereocenters. The summed E-state index contributed by atoms with van der Waals surface area (Å²) in [6, 6.07) is 11.6. The molecule has 0 radical (unpaired) electrons. The molecule has 1 amide bonds. The first kappa shape index (κ1) is 21.6. The monoisotopic (exact) mass is 442 g/mol. The van der Waals surface area contributed by atoms with Crippen molar-refractivity contribution in [2.24, 2.45) is 0 Å². The Bertz CT molecular complexity index is 949. The van der Waals surface area contributed by atoms with Crippen LogP contribution >= 0.6 is 11.8 Å². The van der Waals surface area contributed by atoms with Crippen molar-refractivity contribution in [2.45, 2.75) is 56.8 Å². The molecule has 2 saturated heterocycles. The van der Waals surface area contributed by atoms with Crippen molar-refractivity contribution in [3.8, 4) is 5.75 Å². The number of carbonyl (C=O) groups is 2. The summed E-state index contributed by atoms with van der Waals surface area (Å²) in [5, 5.41) is 2.76. The third kappa shape index (κ3) is 5.19. The van der Waals surface area contributed by atoms with E-state index in [0.29, 0.717) is 11.4 Å². The number of nitrogens with zero attached hydrogens (tertiary/aromatic N) is 1. The van der Waals surface area contributed by atoms with Gasteiger partial charge >= 0.3 is 5.97 Å². The van der Waals surface area contributed by atoms with Crippen LogP contribution in [0.3, 0.4) is 0 Å². The van der Waals surface area contributed by atoms with Crippen molar-refractivity contribution < 1.29 is 23.8 Å². The molecule has 1 N–H and O–H groups in total. The molecule has 3 heterocycles. The molecule has 31 heavy (non-hydrogen) atoms. The van der Waals surface area contributed by atoms with E-state index in [2.05, 4.69) is 24.1 Å². The zero-order valence-corrected chi connectivity index (χ0v) is 18.6. The van der Waals surface area contributed by atoms with Gasteiger partial charge in [-0.1, -0.05) is 36.9 Å². The molecule has 0 bridgehead atoms. The van der Waals surface area contributed by atoms with Crippen LogP contribution < -0.4 is 10.1 Å². The van der Waals surface area contributed by atoms with Crippen LogP contribution in [0.15, 0.2) is 42.6 Å². The van der Waals surface area contributed by atoms with Gasteiger partial charge in [0.05, 0.1) is 10.4 Å². The Morgan fingerprint density at radius 2 is 2.00 bits per heavy atom. The fraction of sp³-hybridized carbons (Fsp3) is 0.435. The summed E-state index contributed by atoms with van der Waals surface area (Å²) in [5.41, 5.74) is 2.87. The fourth-order valence-electron chi connectivity index (χ4n) is 3.73. The van der Waals surface area contributed by atoms with Gasteiger partial charge in [0.2, 0.25) is 0 Å². The smallest absolute Gasteiger partial charge is 0.303 e. The van der Waals surface area contributed by atoms with E-state index >= 15 is 0 Å². The minimum Gasteiger partial charge on any atom is -0.489 e. The number of rotatable bonds is 8. The standard InChI is InChI=1S/C23H26N2O5S/c1-4-15-7-10-18(24-12-15)19(29-14(2)26)13-28-17-8-5-16(6-9-17)11-23(3)20-21(30-20)25-22(27)31-23/h5-10,12,19-21H,4,11,13H2,1-3H3,(H,25,27)/t19-,20?,21?,23?/m0/s1. The first-order valence-electron chi connectivity index (χ1n) is 10.3. The van der Waals surface area contributed by atoms with Crippen LogP contribution in [0, 0.1) is 0 Å². The molecule has 2 aliphatic rings. The molecule has 7 nitrogen and oxygen atoms in total. The molecule has 2 aliphatic heterocycles. The van der Waals surface area contributed by atoms with Gasteiger partial charge in [-0.2, -0.15) is 0 Å². The molecule has 0 aliphatic carbocycles. The van der Waals surface area contributed by atoms with E-state index in [1.165, 1.54) is 18.7 Å². The average molecular weight is 443 g/mol. The largest absolute Gasteiger partial charge is 0.489 e.